The van der Waals surface area contributed by atoms with Crippen molar-refractivity contribution in [3.63, 3.8) is 0 Å². The summed E-state index contributed by atoms with van der Waals surface area (Å²) in [5, 5.41) is 0. The SMILES string of the molecule is CCC1=Cc2ccccc2C1.[I][Zr][I]. The standard InChI is InChI=1S/C11H12.2HI.Zr/c1-2-9-7-10-5-3-4-6-11(10)8-9;;;/h3-7H,2,8H2,1H3;2*1H;/q;;;+2/p-2. The Morgan fingerprint density at radius 1 is 1.29 bits per heavy atom. The first-order chi connectivity index (χ1) is 6.81. The van der Waals surface area contributed by atoms with Crippen LogP contribution in [0.25, 0.3) is 6.08 Å². The Bertz CT molecular complexity index is 321. The van der Waals surface area contributed by atoms with Gasteiger partial charge in [-0.25, -0.2) is 0 Å². The number of fused-ring (bicyclic) bond motifs is 1. The molecule has 14 heavy (non-hydrogen) atoms. The summed E-state index contributed by atoms with van der Waals surface area (Å²) in [4.78, 5) is 0. The van der Waals surface area contributed by atoms with E-state index >= 15 is 0 Å². The van der Waals surface area contributed by atoms with Crippen LogP contribution in [-0.2, 0) is 21.3 Å². The second-order valence-corrected chi connectivity index (χ2v) is 22.0. The molecule has 0 N–H and O–H groups in total. The van der Waals surface area contributed by atoms with Gasteiger partial charge in [-0.3, -0.25) is 0 Å². The molecule has 0 nitrogen and oxygen atoms in total. The minimum absolute atomic E-state index is 0.170. The first kappa shape index (κ1) is 13.4. The van der Waals surface area contributed by atoms with Gasteiger partial charge in [-0.05, 0) is 24.0 Å². The van der Waals surface area contributed by atoms with Crippen molar-refractivity contribution < 1.29 is 14.9 Å². The summed E-state index contributed by atoms with van der Waals surface area (Å²) < 4.78 is 0. The topological polar surface area (TPSA) is 0 Å². The summed E-state index contributed by atoms with van der Waals surface area (Å²) in [6.07, 6.45) is 4.68. The first-order valence-electron chi connectivity index (χ1n) is 4.55. The number of benzene rings is 1. The van der Waals surface area contributed by atoms with E-state index in [4.69, 9.17) is 0 Å². The van der Waals surface area contributed by atoms with Crippen LogP contribution in [0.5, 0.6) is 0 Å². The van der Waals surface area contributed by atoms with Crippen LogP contribution in [-0.4, -0.2) is 0 Å². The Morgan fingerprint density at radius 3 is 2.50 bits per heavy atom. The molecular formula is C11H12I2Zr. The van der Waals surface area contributed by atoms with Crippen molar-refractivity contribution in [2.45, 2.75) is 19.8 Å². The molecule has 1 aliphatic carbocycles. The van der Waals surface area contributed by atoms with Gasteiger partial charge in [0.1, 0.15) is 0 Å². The van der Waals surface area contributed by atoms with E-state index in [1.807, 2.05) is 0 Å². The molecule has 0 aliphatic heterocycles. The fourth-order valence-electron chi connectivity index (χ4n) is 1.58. The van der Waals surface area contributed by atoms with Gasteiger partial charge in [0, 0.05) is 0 Å². The Labute approximate surface area is 116 Å². The van der Waals surface area contributed by atoms with Gasteiger partial charge in [-0.2, -0.15) is 0 Å². The second-order valence-electron chi connectivity index (χ2n) is 3.10. The molecule has 0 aromatic heterocycles. The van der Waals surface area contributed by atoms with Crippen LogP contribution < -0.4 is 0 Å². The minimum atomic E-state index is 0.170. The van der Waals surface area contributed by atoms with Crippen molar-refractivity contribution in [1.29, 1.82) is 0 Å². The molecule has 0 spiro atoms. The quantitative estimate of drug-likeness (QED) is 0.498. The molecule has 1 aliphatic rings. The van der Waals surface area contributed by atoms with Crippen LogP contribution in [0.1, 0.15) is 24.5 Å². The Morgan fingerprint density at radius 2 is 1.93 bits per heavy atom. The predicted octanol–water partition coefficient (Wildman–Crippen LogP) is 4.81. The maximum atomic E-state index is 2.45. The van der Waals surface area contributed by atoms with E-state index in [-0.39, 0.29) is 14.9 Å². The van der Waals surface area contributed by atoms with E-state index in [0.717, 1.165) is 0 Å². The van der Waals surface area contributed by atoms with Crippen LogP contribution in [0.3, 0.4) is 0 Å². The van der Waals surface area contributed by atoms with Crippen LogP contribution in [0.2, 0.25) is 0 Å². The van der Waals surface area contributed by atoms with Crippen molar-refractivity contribution >= 4 is 42.2 Å². The zero-order valence-corrected chi connectivity index (χ0v) is 14.8. The number of hydrogen-bond donors (Lipinski definition) is 0. The van der Waals surface area contributed by atoms with E-state index < -0.39 is 0 Å². The third-order valence-electron chi connectivity index (χ3n) is 2.29. The maximum absolute atomic E-state index is 2.45. The molecule has 0 fully saturated rings. The van der Waals surface area contributed by atoms with Gasteiger partial charge in [0.2, 0.25) is 0 Å². The summed E-state index contributed by atoms with van der Waals surface area (Å²) in [5.41, 5.74) is 4.47. The summed E-state index contributed by atoms with van der Waals surface area (Å²) in [6, 6.07) is 8.63. The molecular weight excluding hydrogens is 477 g/mol. The third-order valence-corrected chi connectivity index (χ3v) is 2.29. The van der Waals surface area contributed by atoms with Crippen LogP contribution >= 0.6 is 36.1 Å². The van der Waals surface area contributed by atoms with E-state index in [0.29, 0.717) is 0 Å². The molecule has 1 aromatic carbocycles. The van der Waals surface area contributed by atoms with E-state index in [1.165, 1.54) is 24.0 Å². The molecule has 0 radical (unpaired) electrons. The number of hydrogen-bond acceptors (Lipinski definition) is 0. The Hall–Kier alpha value is 1.30. The molecule has 0 saturated heterocycles. The van der Waals surface area contributed by atoms with Crippen molar-refractivity contribution in [3.05, 3.63) is 41.0 Å². The van der Waals surface area contributed by atoms with Gasteiger partial charge in [0.25, 0.3) is 0 Å². The Kier molecular flexibility index (Phi) is 7.22. The zero-order chi connectivity index (χ0) is 10.4. The van der Waals surface area contributed by atoms with E-state index in [9.17, 15) is 0 Å². The van der Waals surface area contributed by atoms with Crippen LogP contribution in [0.15, 0.2) is 29.8 Å². The number of halogens is 2. The van der Waals surface area contributed by atoms with Gasteiger partial charge >= 0.3 is 50.9 Å². The first-order valence-corrected chi connectivity index (χ1v) is 19.2. The van der Waals surface area contributed by atoms with Crippen molar-refractivity contribution in [2.24, 2.45) is 0 Å². The van der Waals surface area contributed by atoms with Crippen LogP contribution in [0.4, 0.5) is 0 Å². The fourth-order valence-corrected chi connectivity index (χ4v) is 1.58. The van der Waals surface area contributed by atoms with E-state index in [1.54, 1.807) is 5.57 Å². The molecule has 0 atom stereocenters. The van der Waals surface area contributed by atoms with Gasteiger partial charge in [0.05, 0.1) is 0 Å². The summed E-state index contributed by atoms with van der Waals surface area (Å²) in [7, 11) is 0. The molecule has 1 aromatic rings. The zero-order valence-electron chi connectivity index (χ0n) is 8.06. The van der Waals surface area contributed by atoms with Crippen molar-refractivity contribution in [3.8, 4) is 0 Å². The molecule has 0 saturated carbocycles. The predicted molar refractivity (Wildman–Crippen MR) is 76.5 cm³/mol. The normalized spacial score (nSPS) is 12.4. The van der Waals surface area contributed by atoms with Crippen molar-refractivity contribution in [1.82, 2.24) is 0 Å². The molecule has 74 valence electrons. The summed E-state index contributed by atoms with van der Waals surface area (Å²) in [5.74, 6) is 0. The van der Waals surface area contributed by atoms with Gasteiger partial charge in [-0.1, -0.05) is 42.8 Å². The van der Waals surface area contributed by atoms with Crippen molar-refractivity contribution in [2.75, 3.05) is 0 Å². The second kappa shape index (κ2) is 7.56. The van der Waals surface area contributed by atoms with Gasteiger partial charge in [-0.15, -0.1) is 0 Å². The van der Waals surface area contributed by atoms with Gasteiger partial charge in [0.15, 0.2) is 0 Å². The number of rotatable bonds is 1. The molecule has 0 unspecified atom stereocenters. The van der Waals surface area contributed by atoms with Crippen LogP contribution in [0, 0.1) is 0 Å². The monoisotopic (exact) mass is 488 g/mol. The summed E-state index contributed by atoms with van der Waals surface area (Å²) >= 11 is 5.06. The molecule has 3 heteroatoms. The number of allylic oxidation sites excluding steroid dienone is 1. The molecule has 0 bridgehead atoms. The fraction of sp³-hybridized carbons (Fsp3) is 0.273. The summed E-state index contributed by atoms with van der Waals surface area (Å²) in [6.45, 7) is 2.22. The average molecular weight is 489 g/mol. The molecule has 2 rings (SSSR count). The molecule has 0 amide bonds. The Balaban J connectivity index is 0.000000293. The average Bonchev–Trinajstić information content (AvgIpc) is 2.61. The molecule has 0 heterocycles. The third kappa shape index (κ3) is 4.05. The van der Waals surface area contributed by atoms with Gasteiger partial charge < -0.3 is 0 Å². The van der Waals surface area contributed by atoms with E-state index in [2.05, 4.69) is 73.4 Å².